The quantitative estimate of drug-likeness (QED) is 0.840. The second kappa shape index (κ2) is 6.57. The molecule has 20 heavy (non-hydrogen) atoms. The molecule has 106 valence electrons. The highest BCUT2D eigenvalue weighted by Gasteiger charge is 2.16. The first-order chi connectivity index (χ1) is 9.47. The summed E-state index contributed by atoms with van der Waals surface area (Å²) in [5.41, 5.74) is 0.988. The van der Waals surface area contributed by atoms with Crippen molar-refractivity contribution < 1.29 is 0 Å². The summed E-state index contributed by atoms with van der Waals surface area (Å²) in [6.45, 7) is 0.724. The summed E-state index contributed by atoms with van der Waals surface area (Å²) in [5.74, 6) is 0. The average Bonchev–Trinajstić information content (AvgIpc) is 2.36. The lowest BCUT2D eigenvalue weighted by atomic mass is 10.1. The van der Waals surface area contributed by atoms with E-state index in [1.54, 1.807) is 10.6 Å². The normalized spacial score (nSPS) is 12.7. The van der Waals surface area contributed by atoms with Gasteiger partial charge in [0.25, 0.3) is 5.56 Å². The van der Waals surface area contributed by atoms with Crippen LogP contribution in [0.1, 0.15) is 11.6 Å². The van der Waals surface area contributed by atoms with Crippen LogP contribution in [-0.4, -0.2) is 30.1 Å². The number of benzene rings is 1. The molecule has 0 N–H and O–H groups in total. The Hall–Kier alpha value is -1.10. The molecule has 0 spiro atoms. The third-order valence-electron chi connectivity index (χ3n) is 3.02. The molecule has 1 heterocycles. The third kappa shape index (κ3) is 3.72. The fourth-order valence-corrected chi connectivity index (χ4v) is 2.65. The van der Waals surface area contributed by atoms with E-state index in [0.29, 0.717) is 5.02 Å². The van der Waals surface area contributed by atoms with E-state index in [4.69, 9.17) is 11.6 Å². The smallest absolute Gasteiger partial charge is 0.252 e. The van der Waals surface area contributed by atoms with Gasteiger partial charge in [-0.1, -0.05) is 39.7 Å². The van der Waals surface area contributed by atoms with Gasteiger partial charge in [-0.05, 0) is 37.9 Å². The van der Waals surface area contributed by atoms with Crippen molar-refractivity contribution in [1.29, 1.82) is 0 Å². The van der Waals surface area contributed by atoms with Crippen LogP contribution in [0.3, 0.4) is 0 Å². The number of hydrogen-bond acceptors (Lipinski definition) is 2. The number of aromatic nitrogens is 1. The number of hydrogen-bond donors (Lipinski definition) is 0. The van der Waals surface area contributed by atoms with Crippen molar-refractivity contribution >= 4 is 27.5 Å². The molecule has 0 radical (unpaired) electrons. The molecular formula is C15H16BrClN2O. The zero-order chi connectivity index (χ0) is 14.7. The molecule has 0 aliphatic carbocycles. The second-order valence-electron chi connectivity index (χ2n) is 4.92. The first-order valence-electron chi connectivity index (χ1n) is 6.25. The maximum absolute atomic E-state index is 12.2. The van der Waals surface area contributed by atoms with Gasteiger partial charge in [0.1, 0.15) is 0 Å². The van der Waals surface area contributed by atoms with Crippen molar-refractivity contribution in [1.82, 2.24) is 9.47 Å². The van der Waals surface area contributed by atoms with E-state index in [0.717, 1.165) is 16.6 Å². The molecule has 1 atom stereocenters. The fourth-order valence-electron chi connectivity index (χ4n) is 2.14. The van der Waals surface area contributed by atoms with Crippen LogP contribution in [0, 0.1) is 0 Å². The summed E-state index contributed by atoms with van der Waals surface area (Å²) in [7, 11) is 3.98. The number of pyridine rings is 1. The number of likely N-dealkylation sites (N-methyl/N-ethyl adjacent to an activating group) is 1. The van der Waals surface area contributed by atoms with Crippen LogP contribution in [0.4, 0.5) is 0 Å². The lowest BCUT2D eigenvalue weighted by Gasteiger charge is -2.24. The molecule has 0 amide bonds. The Balaban J connectivity index is 2.50. The van der Waals surface area contributed by atoms with E-state index in [9.17, 15) is 4.79 Å². The molecule has 3 nitrogen and oxygen atoms in total. The summed E-state index contributed by atoms with van der Waals surface area (Å²) < 4.78 is 2.52. The zero-order valence-electron chi connectivity index (χ0n) is 11.4. The minimum atomic E-state index is -0.0655. The van der Waals surface area contributed by atoms with Gasteiger partial charge < -0.3 is 9.47 Å². The van der Waals surface area contributed by atoms with E-state index in [1.807, 2.05) is 50.6 Å². The molecule has 0 saturated carbocycles. The minimum absolute atomic E-state index is 0.0359. The zero-order valence-corrected chi connectivity index (χ0v) is 13.7. The van der Waals surface area contributed by atoms with Crippen molar-refractivity contribution in [2.45, 2.75) is 6.04 Å². The molecular weight excluding hydrogens is 340 g/mol. The van der Waals surface area contributed by atoms with Crippen LogP contribution in [0.15, 0.2) is 51.9 Å². The molecule has 0 bridgehead atoms. The molecule has 0 aliphatic heterocycles. The minimum Gasteiger partial charge on any atom is -0.307 e. The Bertz CT molecular complexity index is 654. The van der Waals surface area contributed by atoms with Gasteiger partial charge in [-0.15, -0.1) is 0 Å². The van der Waals surface area contributed by atoms with Crippen LogP contribution in [-0.2, 0) is 0 Å². The predicted molar refractivity (Wildman–Crippen MR) is 86.5 cm³/mol. The van der Waals surface area contributed by atoms with Gasteiger partial charge >= 0.3 is 0 Å². The van der Waals surface area contributed by atoms with Crippen LogP contribution >= 0.6 is 27.5 Å². The van der Waals surface area contributed by atoms with E-state index in [2.05, 4.69) is 20.8 Å². The second-order valence-corrected chi connectivity index (χ2v) is 6.28. The van der Waals surface area contributed by atoms with Gasteiger partial charge in [-0.3, -0.25) is 4.79 Å². The molecule has 1 unspecified atom stereocenters. The Morgan fingerprint density at radius 2 is 2.05 bits per heavy atom. The summed E-state index contributed by atoms with van der Waals surface area (Å²) >= 11 is 9.39. The van der Waals surface area contributed by atoms with Crippen LogP contribution in [0.25, 0.3) is 0 Å². The van der Waals surface area contributed by atoms with Crippen LogP contribution in [0.5, 0.6) is 0 Å². The first-order valence-corrected chi connectivity index (χ1v) is 7.42. The molecule has 2 aromatic rings. The van der Waals surface area contributed by atoms with Gasteiger partial charge in [-0.2, -0.15) is 0 Å². The van der Waals surface area contributed by atoms with Gasteiger partial charge in [-0.25, -0.2) is 0 Å². The molecule has 0 saturated heterocycles. The maximum Gasteiger partial charge on any atom is 0.252 e. The molecule has 0 fully saturated rings. The summed E-state index contributed by atoms with van der Waals surface area (Å²) in [6, 6.07) is 11.0. The van der Waals surface area contributed by atoms with Crippen molar-refractivity contribution in [3.05, 3.63) is 68.0 Å². The van der Waals surface area contributed by atoms with Gasteiger partial charge in [0.2, 0.25) is 0 Å². The molecule has 5 heteroatoms. The highest BCUT2D eigenvalue weighted by atomic mass is 79.9. The fraction of sp³-hybridized carbons (Fsp3) is 0.267. The SMILES string of the molecule is CN(C)CC(c1cccc(Cl)c1)n1ccc(Br)cc1=O. The topological polar surface area (TPSA) is 25.2 Å². The lowest BCUT2D eigenvalue weighted by Crippen LogP contribution is -2.31. The van der Waals surface area contributed by atoms with Gasteiger partial charge in [0, 0.05) is 28.3 Å². The Kier molecular flexibility index (Phi) is 5.02. The van der Waals surface area contributed by atoms with Crippen molar-refractivity contribution in [2.24, 2.45) is 0 Å². The Labute approximate surface area is 131 Å². The Morgan fingerprint density at radius 1 is 1.30 bits per heavy atom. The van der Waals surface area contributed by atoms with Crippen molar-refractivity contribution in [3.8, 4) is 0 Å². The molecule has 1 aromatic carbocycles. The monoisotopic (exact) mass is 354 g/mol. The predicted octanol–water partition coefficient (Wildman–Crippen LogP) is 3.42. The largest absolute Gasteiger partial charge is 0.307 e. The first kappa shape index (κ1) is 15.3. The average molecular weight is 356 g/mol. The standard InChI is InChI=1S/C15H16BrClN2O/c1-18(2)10-14(11-4-3-5-13(17)8-11)19-7-6-12(16)9-15(19)20/h3-9,14H,10H2,1-2H3. The molecule has 0 aliphatic rings. The maximum atomic E-state index is 12.2. The van der Waals surface area contributed by atoms with Gasteiger partial charge in [0.15, 0.2) is 0 Å². The number of halogens is 2. The van der Waals surface area contributed by atoms with E-state index in [-0.39, 0.29) is 11.6 Å². The highest BCUT2D eigenvalue weighted by molar-refractivity contribution is 9.10. The van der Waals surface area contributed by atoms with Crippen LogP contribution < -0.4 is 5.56 Å². The summed E-state index contributed by atoms with van der Waals surface area (Å²) in [4.78, 5) is 14.3. The van der Waals surface area contributed by atoms with E-state index < -0.39 is 0 Å². The molecule has 1 aromatic heterocycles. The van der Waals surface area contributed by atoms with Crippen molar-refractivity contribution in [3.63, 3.8) is 0 Å². The molecule has 2 rings (SSSR count). The Morgan fingerprint density at radius 3 is 2.65 bits per heavy atom. The van der Waals surface area contributed by atoms with Gasteiger partial charge in [0.05, 0.1) is 6.04 Å². The van der Waals surface area contributed by atoms with Crippen molar-refractivity contribution in [2.75, 3.05) is 20.6 Å². The number of rotatable bonds is 4. The van der Waals surface area contributed by atoms with E-state index >= 15 is 0 Å². The highest BCUT2D eigenvalue weighted by Crippen LogP contribution is 2.21. The number of nitrogens with zero attached hydrogens (tertiary/aromatic N) is 2. The summed E-state index contributed by atoms with van der Waals surface area (Å²) in [6.07, 6.45) is 1.81. The lowest BCUT2D eigenvalue weighted by molar-refractivity contribution is 0.346. The van der Waals surface area contributed by atoms with E-state index in [1.165, 1.54) is 0 Å². The summed E-state index contributed by atoms with van der Waals surface area (Å²) in [5, 5.41) is 0.677. The third-order valence-corrected chi connectivity index (χ3v) is 3.75. The van der Waals surface area contributed by atoms with Crippen LogP contribution in [0.2, 0.25) is 5.02 Å².